The molecule has 2 fully saturated rings. The number of hydrogen-bond acceptors (Lipinski definition) is 8. The van der Waals surface area contributed by atoms with Crippen molar-refractivity contribution in [2.24, 2.45) is 7.05 Å². The van der Waals surface area contributed by atoms with Crippen molar-refractivity contribution in [3.8, 4) is 22.9 Å². The molecule has 1 saturated carbocycles. The summed E-state index contributed by atoms with van der Waals surface area (Å²) in [6.45, 7) is 6.27. The number of rotatable bonds is 5. The number of nitrogens with one attached hydrogen (secondary N) is 1. The standard InChI is InChI=1S/C27H30N6O4/c1-16-23-18(13-32(3)31-23)11-21(24(16)36-15-35-4)25-29-17(2)20-12-19(5-6-22(20)30-25)37-26(34)33-10-9-28-14-27(33)7-8-27/h5-6,11-13,28H,7-10,14-15H2,1-4H3. The van der Waals surface area contributed by atoms with Gasteiger partial charge in [0.25, 0.3) is 0 Å². The Bertz CT molecular complexity index is 1530. The average molecular weight is 503 g/mol. The highest BCUT2D eigenvalue weighted by Gasteiger charge is 2.52. The Morgan fingerprint density at radius 1 is 1.19 bits per heavy atom. The number of nitrogens with zero attached hydrogens (tertiary/aromatic N) is 5. The van der Waals surface area contributed by atoms with Crippen LogP contribution in [0.5, 0.6) is 11.5 Å². The molecule has 0 unspecified atom stereocenters. The number of hydrogen-bond donors (Lipinski definition) is 1. The first-order chi connectivity index (χ1) is 17.9. The van der Waals surface area contributed by atoms with Crippen LogP contribution in [0.1, 0.15) is 24.1 Å². The molecular formula is C27H30N6O4. The van der Waals surface area contributed by atoms with Gasteiger partial charge in [-0.25, -0.2) is 14.8 Å². The number of carbonyl (C=O) groups excluding carboxylic acids is 1. The van der Waals surface area contributed by atoms with E-state index in [-0.39, 0.29) is 18.4 Å². The van der Waals surface area contributed by atoms with Gasteiger partial charge in [0, 0.05) is 62.0 Å². The zero-order valence-corrected chi connectivity index (χ0v) is 21.5. The van der Waals surface area contributed by atoms with E-state index in [0.29, 0.717) is 23.9 Å². The van der Waals surface area contributed by atoms with Gasteiger partial charge in [-0.3, -0.25) is 9.58 Å². The van der Waals surface area contributed by atoms with Gasteiger partial charge in [-0.05, 0) is 51.0 Å². The largest absolute Gasteiger partial charge is 0.466 e. The number of amides is 1. The first kappa shape index (κ1) is 23.6. The molecule has 3 heterocycles. The predicted molar refractivity (Wildman–Crippen MR) is 139 cm³/mol. The Labute approximate surface area is 214 Å². The fourth-order valence-electron chi connectivity index (χ4n) is 5.23. The zero-order valence-electron chi connectivity index (χ0n) is 21.5. The Kier molecular flexibility index (Phi) is 5.73. The molecule has 0 radical (unpaired) electrons. The lowest BCUT2D eigenvalue weighted by atomic mass is 10.0. The van der Waals surface area contributed by atoms with Crippen molar-refractivity contribution >= 4 is 27.9 Å². The van der Waals surface area contributed by atoms with Crippen LogP contribution in [-0.2, 0) is 11.8 Å². The van der Waals surface area contributed by atoms with Crippen LogP contribution < -0.4 is 14.8 Å². The minimum Gasteiger partial charge on any atom is -0.466 e. The monoisotopic (exact) mass is 502 g/mol. The van der Waals surface area contributed by atoms with Gasteiger partial charge < -0.3 is 19.5 Å². The van der Waals surface area contributed by atoms with E-state index in [4.69, 9.17) is 24.2 Å². The van der Waals surface area contributed by atoms with Crippen LogP contribution in [0.15, 0.2) is 30.5 Å². The van der Waals surface area contributed by atoms with Gasteiger partial charge in [-0.1, -0.05) is 0 Å². The quantitative estimate of drug-likeness (QED) is 0.412. The Balaban J connectivity index is 1.35. The maximum absolute atomic E-state index is 13.0. The molecule has 0 atom stereocenters. The molecule has 1 aliphatic carbocycles. The lowest BCUT2D eigenvalue weighted by Crippen LogP contribution is -2.56. The van der Waals surface area contributed by atoms with Crippen LogP contribution in [0.2, 0.25) is 0 Å². The van der Waals surface area contributed by atoms with Crippen molar-refractivity contribution in [2.75, 3.05) is 33.5 Å². The molecule has 2 aromatic carbocycles. The van der Waals surface area contributed by atoms with Crippen molar-refractivity contribution in [3.63, 3.8) is 0 Å². The SMILES string of the molecule is COCOc1c(-c2nc(C)c3cc(OC(=O)N4CCNCC45CC5)ccc3n2)cc2cn(C)nc2c1C. The molecule has 1 spiro atoms. The average Bonchev–Trinajstić information content (AvgIpc) is 3.53. The van der Waals surface area contributed by atoms with E-state index < -0.39 is 0 Å². The highest BCUT2D eigenvalue weighted by molar-refractivity contribution is 5.92. The number of aryl methyl sites for hydroxylation is 3. The summed E-state index contributed by atoms with van der Waals surface area (Å²) in [4.78, 5) is 24.5. The fourth-order valence-corrected chi connectivity index (χ4v) is 5.23. The number of carbonyl (C=O) groups is 1. The summed E-state index contributed by atoms with van der Waals surface area (Å²) < 4.78 is 18.7. The first-order valence-electron chi connectivity index (χ1n) is 12.5. The number of ether oxygens (including phenoxy) is 3. The van der Waals surface area contributed by atoms with Crippen LogP contribution in [0.4, 0.5) is 4.79 Å². The third-order valence-corrected chi connectivity index (χ3v) is 7.31. The van der Waals surface area contributed by atoms with E-state index in [2.05, 4.69) is 10.4 Å². The van der Waals surface area contributed by atoms with Gasteiger partial charge in [0.15, 0.2) is 12.6 Å². The molecule has 37 heavy (non-hydrogen) atoms. The summed E-state index contributed by atoms with van der Waals surface area (Å²) in [7, 11) is 3.48. The van der Waals surface area contributed by atoms with Crippen molar-refractivity contribution in [1.29, 1.82) is 0 Å². The second-order valence-electron chi connectivity index (χ2n) is 9.90. The molecule has 10 heteroatoms. The van der Waals surface area contributed by atoms with Gasteiger partial charge in [0.2, 0.25) is 0 Å². The van der Waals surface area contributed by atoms with Crippen LogP contribution in [0, 0.1) is 13.8 Å². The van der Waals surface area contributed by atoms with Crippen LogP contribution in [0.25, 0.3) is 33.2 Å². The predicted octanol–water partition coefficient (Wildman–Crippen LogP) is 3.72. The van der Waals surface area contributed by atoms with E-state index in [1.807, 2.05) is 50.2 Å². The summed E-state index contributed by atoms with van der Waals surface area (Å²) in [5.41, 5.74) is 3.99. The first-order valence-corrected chi connectivity index (χ1v) is 12.5. The topological polar surface area (TPSA) is 104 Å². The molecule has 2 aromatic heterocycles. The molecule has 1 saturated heterocycles. The Morgan fingerprint density at radius 3 is 2.81 bits per heavy atom. The minimum absolute atomic E-state index is 0.0732. The summed E-state index contributed by atoms with van der Waals surface area (Å²) in [5.74, 6) is 1.68. The van der Waals surface area contributed by atoms with Crippen molar-refractivity contribution in [3.05, 3.63) is 41.7 Å². The molecule has 192 valence electrons. The Hall–Kier alpha value is -3.76. The number of benzene rings is 2. The van der Waals surface area contributed by atoms with Gasteiger partial charge >= 0.3 is 6.09 Å². The van der Waals surface area contributed by atoms with E-state index in [9.17, 15) is 4.79 Å². The molecule has 1 amide bonds. The van der Waals surface area contributed by atoms with Crippen molar-refractivity contribution in [2.45, 2.75) is 32.2 Å². The smallest absolute Gasteiger partial charge is 0.415 e. The molecule has 1 N–H and O–H groups in total. The molecule has 10 nitrogen and oxygen atoms in total. The van der Waals surface area contributed by atoms with Crippen LogP contribution >= 0.6 is 0 Å². The summed E-state index contributed by atoms with van der Waals surface area (Å²) in [5, 5.41) is 9.75. The maximum Gasteiger partial charge on any atom is 0.415 e. The lowest BCUT2D eigenvalue weighted by molar-refractivity contribution is 0.0511. The molecule has 1 aliphatic heterocycles. The highest BCUT2D eigenvalue weighted by atomic mass is 16.7. The summed E-state index contributed by atoms with van der Waals surface area (Å²) in [6, 6.07) is 7.49. The number of fused-ring (bicyclic) bond motifs is 2. The summed E-state index contributed by atoms with van der Waals surface area (Å²) in [6.07, 6.45) is 3.70. The van der Waals surface area contributed by atoms with Crippen LogP contribution in [0.3, 0.4) is 0 Å². The molecular weight excluding hydrogens is 472 g/mol. The normalized spacial score (nSPS) is 16.5. The van der Waals surface area contributed by atoms with Crippen molar-refractivity contribution in [1.82, 2.24) is 30.0 Å². The van der Waals surface area contributed by atoms with Crippen molar-refractivity contribution < 1.29 is 19.0 Å². The fraction of sp³-hybridized carbons (Fsp3) is 0.407. The second kappa shape index (κ2) is 8.97. The second-order valence-corrected chi connectivity index (χ2v) is 9.90. The van der Waals surface area contributed by atoms with E-state index >= 15 is 0 Å². The molecule has 6 rings (SSSR count). The lowest BCUT2D eigenvalue weighted by Gasteiger charge is -2.35. The number of piperazine rings is 1. The van der Waals surface area contributed by atoms with E-state index in [1.54, 1.807) is 17.9 Å². The summed E-state index contributed by atoms with van der Waals surface area (Å²) >= 11 is 0. The van der Waals surface area contributed by atoms with E-state index in [0.717, 1.165) is 64.6 Å². The molecule has 0 bridgehead atoms. The third-order valence-electron chi connectivity index (χ3n) is 7.31. The molecule has 2 aliphatic rings. The van der Waals surface area contributed by atoms with Gasteiger partial charge in [0.1, 0.15) is 11.5 Å². The van der Waals surface area contributed by atoms with Gasteiger partial charge in [-0.15, -0.1) is 0 Å². The van der Waals surface area contributed by atoms with Gasteiger partial charge in [0.05, 0.1) is 22.1 Å². The zero-order chi connectivity index (χ0) is 25.7. The van der Waals surface area contributed by atoms with Gasteiger partial charge in [-0.2, -0.15) is 5.10 Å². The van der Waals surface area contributed by atoms with E-state index in [1.165, 1.54) is 0 Å². The maximum atomic E-state index is 13.0. The number of aromatic nitrogens is 4. The number of methoxy groups -OCH3 is 1. The molecule has 4 aromatic rings. The third kappa shape index (κ3) is 4.15. The minimum atomic E-state index is -0.297. The Morgan fingerprint density at radius 2 is 2.03 bits per heavy atom. The van der Waals surface area contributed by atoms with Crippen LogP contribution in [-0.4, -0.2) is 69.8 Å². The highest BCUT2D eigenvalue weighted by Crippen LogP contribution is 2.43.